The van der Waals surface area contributed by atoms with Crippen molar-refractivity contribution in [3.8, 4) is 6.07 Å². The predicted molar refractivity (Wildman–Crippen MR) is 85.7 cm³/mol. The molecule has 0 unspecified atom stereocenters. The summed E-state index contributed by atoms with van der Waals surface area (Å²) in [6.45, 7) is 0. The first kappa shape index (κ1) is 13.8. The van der Waals surface area contributed by atoms with Crippen molar-refractivity contribution in [2.75, 3.05) is 5.32 Å². The lowest BCUT2D eigenvalue weighted by atomic mass is 10.2. The molecule has 5 heteroatoms. The van der Waals surface area contributed by atoms with E-state index in [9.17, 15) is 4.79 Å². The fraction of sp³-hybridized carbons (Fsp3) is 0. The Morgan fingerprint density at radius 1 is 1.32 bits per heavy atom. The zero-order valence-corrected chi connectivity index (χ0v) is 12.7. The van der Waals surface area contributed by atoms with Crippen LogP contribution in [0.5, 0.6) is 0 Å². The van der Waals surface area contributed by atoms with E-state index in [-0.39, 0.29) is 11.5 Å². The van der Waals surface area contributed by atoms with Crippen LogP contribution in [0.3, 0.4) is 0 Å². The molecule has 2 aromatic rings. The minimum atomic E-state index is -0.389. The van der Waals surface area contributed by atoms with Gasteiger partial charge in [0.25, 0.3) is 5.91 Å². The molecule has 0 aliphatic carbocycles. The smallest absolute Gasteiger partial charge is 0.266 e. The van der Waals surface area contributed by atoms with Gasteiger partial charge in [-0.1, -0.05) is 18.2 Å². The Morgan fingerprint density at radius 2 is 2.11 bits per heavy atom. The summed E-state index contributed by atoms with van der Waals surface area (Å²) >= 11 is 3.62. The van der Waals surface area contributed by atoms with Gasteiger partial charge in [0.05, 0.1) is 5.69 Å². The molecular weight excluding hydrogens is 371 g/mol. The van der Waals surface area contributed by atoms with Crippen LogP contribution in [0.15, 0.2) is 47.4 Å². The van der Waals surface area contributed by atoms with Crippen LogP contribution in [0, 0.1) is 14.9 Å². The van der Waals surface area contributed by atoms with Crippen molar-refractivity contribution in [3.63, 3.8) is 0 Å². The first-order chi connectivity index (χ1) is 9.20. The van der Waals surface area contributed by atoms with Crippen LogP contribution in [0.1, 0.15) is 4.88 Å². The third-order valence-electron chi connectivity index (χ3n) is 2.32. The molecule has 3 nitrogen and oxygen atoms in total. The molecule has 0 saturated heterocycles. The summed E-state index contributed by atoms with van der Waals surface area (Å²) in [5.41, 5.74) is 0.808. The summed E-state index contributed by atoms with van der Waals surface area (Å²) in [6, 6.07) is 13.1. The lowest BCUT2D eigenvalue weighted by Crippen LogP contribution is -2.14. The number of nitrogens with one attached hydrogen (secondary N) is 1. The van der Waals surface area contributed by atoms with Crippen LogP contribution in [0.4, 0.5) is 5.69 Å². The van der Waals surface area contributed by atoms with Gasteiger partial charge in [0.2, 0.25) is 0 Å². The molecule has 19 heavy (non-hydrogen) atoms. The molecular formula is C14H9IN2OS. The molecule has 94 valence electrons. The monoisotopic (exact) mass is 380 g/mol. The van der Waals surface area contributed by atoms with Crippen LogP contribution < -0.4 is 5.32 Å². The van der Waals surface area contributed by atoms with E-state index in [2.05, 4.69) is 27.9 Å². The number of hydrogen-bond donors (Lipinski definition) is 1. The van der Waals surface area contributed by atoms with E-state index in [4.69, 9.17) is 5.26 Å². The second-order valence-electron chi connectivity index (χ2n) is 3.62. The Balaban J connectivity index is 2.19. The lowest BCUT2D eigenvalue weighted by molar-refractivity contribution is -0.112. The van der Waals surface area contributed by atoms with Gasteiger partial charge in [-0.2, -0.15) is 5.26 Å². The van der Waals surface area contributed by atoms with Gasteiger partial charge in [-0.05, 0) is 52.2 Å². The first-order valence-corrected chi connectivity index (χ1v) is 7.37. The van der Waals surface area contributed by atoms with Gasteiger partial charge in [-0.25, -0.2) is 0 Å². The van der Waals surface area contributed by atoms with Gasteiger partial charge in [0.15, 0.2) is 0 Å². The Bertz CT molecular complexity index is 656. The Morgan fingerprint density at radius 3 is 2.74 bits per heavy atom. The largest absolute Gasteiger partial charge is 0.320 e. The maximum Gasteiger partial charge on any atom is 0.266 e. The molecule has 0 saturated carbocycles. The van der Waals surface area contributed by atoms with E-state index in [1.807, 2.05) is 41.8 Å². The van der Waals surface area contributed by atoms with Crippen LogP contribution >= 0.6 is 33.9 Å². The Labute approximate surface area is 128 Å². The highest BCUT2D eigenvalue weighted by atomic mass is 127. The SMILES string of the molecule is N#C/C(=C\c1cccs1)C(=O)Nc1ccccc1I. The number of nitrogens with zero attached hydrogens (tertiary/aromatic N) is 1. The van der Waals surface area contributed by atoms with Crippen molar-refractivity contribution in [1.82, 2.24) is 0 Å². The van der Waals surface area contributed by atoms with E-state index < -0.39 is 0 Å². The fourth-order valence-corrected chi connectivity index (χ4v) is 2.60. The molecule has 1 heterocycles. The molecule has 1 N–H and O–H groups in total. The lowest BCUT2D eigenvalue weighted by Gasteiger charge is -2.05. The summed E-state index contributed by atoms with van der Waals surface area (Å²) in [5.74, 6) is -0.389. The Hall–Kier alpha value is -1.65. The fourth-order valence-electron chi connectivity index (χ4n) is 1.42. The number of para-hydroxylation sites is 1. The number of nitriles is 1. The molecule has 0 atom stereocenters. The van der Waals surface area contributed by atoms with Crippen molar-refractivity contribution in [2.24, 2.45) is 0 Å². The molecule has 0 aliphatic rings. The van der Waals surface area contributed by atoms with E-state index >= 15 is 0 Å². The molecule has 0 fully saturated rings. The highest BCUT2D eigenvalue weighted by Crippen LogP contribution is 2.19. The summed E-state index contributed by atoms with van der Waals surface area (Å²) < 4.78 is 0.932. The van der Waals surface area contributed by atoms with Gasteiger partial charge in [0.1, 0.15) is 11.6 Å². The molecule has 0 radical (unpaired) electrons. The molecule has 0 spiro atoms. The zero-order chi connectivity index (χ0) is 13.7. The normalized spacial score (nSPS) is 10.8. The predicted octanol–water partition coefficient (Wildman–Crippen LogP) is 3.90. The average molecular weight is 380 g/mol. The van der Waals surface area contributed by atoms with Crippen LogP contribution in [0.25, 0.3) is 6.08 Å². The number of benzene rings is 1. The maximum absolute atomic E-state index is 12.0. The molecule has 0 aliphatic heterocycles. The summed E-state index contributed by atoms with van der Waals surface area (Å²) in [5, 5.41) is 13.7. The van der Waals surface area contributed by atoms with Crippen molar-refractivity contribution >= 4 is 51.6 Å². The summed E-state index contributed by atoms with van der Waals surface area (Å²) in [4.78, 5) is 12.9. The number of halogens is 1. The standard InChI is InChI=1S/C14H9IN2OS/c15-12-5-1-2-6-13(12)17-14(18)10(9-16)8-11-4-3-7-19-11/h1-8H,(H,17,18)/b10-8+. The number of rotatable bonds is 3. The topological polar surface area (TPSA) is 52.9 Å². The highest BCUT2D eigenvalue weighted by Gasteiger charge is 2.11. The van der Waals surface area contributed by atoms with E-state index in [1.54, 1.807) is 12.1 Å². The van der Waals surface area contributed by atoms with Crippen LogP contribution in [-0.2, 0) is 4.79 Å². The Kier molecular flexibility index (Phi) is 4.71. The van der Waals surface area contributed by atoms with Crippen LogP contribution in [0.2, 0.25) is 0 Å². The van der Waals surface area contributed by atoms with Gasteiger partial charge in [0, 0.05) is 8.45 Å². The number of carbonyl (C=O) groups is 1. The summed E-state index contributed by atoms with van der Waals surface area (Å²) in [7, 11) is 0. The van der Waals surface area contributed by atoms with Gasteiger partial charge in [-0.3, -0.25) is 4.79 Å². The minimum Gasteiger partial charge on any atom is -0.320 e. The average Bonchev–Trinajstić information content (AvgIpc) is 2.91. The second kappa shape index (κ2) is 6.50. The van der Waals surface area contributed by atoms with Crippen molar-refractivity contribution in [2.45, 2.75) is 0 Å². The molecule has 0 bridgehead atoms. The number of hydrogen-bond acceptors (Lipinski definition) is 3. The van der Waals surface area contributed by atoms with E-state index in [0.29, 0.717) is 5.69 Å². The summed E-state index contributed by atoms with van der Waals surface area (Å²) in [6.07, 6.45) is 1.59. The third-order valence-corrected chi connectivity index (χ3v) is 4.08. The molecule has 1 aromatic heterocycles. The van der Waals surface area contributed by atoms with Gasteiger partial charge >= 0.3 is 0 Å². The number of amides is 1. The zero-order valence-electron chi connectivity index (χ0n) is 9.76. The maximum atomic E-state index is 12.0. The van der Waals surface area contributed by atoms with Crippen molar-refractivity contribution in [3.05, 3.63) is 55.8 Å². The van der Waals surface area contributed by atoms with Gasteiger partial charge in [-0.15, -0.1) is 11.3 Å². The number of carbonyl (C=O) groups excluding carboxylic acids is 1. The van der Waals surface area contributed by atoms with Crippen LogP contribution in [-0.4, -0.2) is 5.91 Å². The first-order valence-electron chi connectivity index (χ1n) is 5.42. The van der Waals surface area contributed by atoms with Crippen molar-refractivity contribution < 1.29 is 4.79 Å². The quantitative estimate of drug-likeness (QED) is 0.499. The molecule has 1 aromatic carbocycles. The highest BCUT2D eigenvalue weighted by molar-refractivity contribution is 14.1. The minimum absolute atomic E-state index is 0.0992. The number of thiophene rings is 1. The number of anilines is 1. The molecule has 1 amide bonds. The van der Waals surface area contributed by atoms with E-state index in [1.165, 1.54) is 11.3 Å². The second-order valence-corrected chi connectivity index (χ2v) is 5.76. The molecule has 2 rings (SSSR count). The van der Waals surface area contributed by atoms with E-state index in [0.717, 1.165) is 8.45 Å². The van der Waals surface area contributed by atoms with Crippen molar-refractivity contribution in [1.29, 1.82) is 5.26 Å². The third kappa shape index (κ3) is 3.66. The van der Waals surface area contributed by atoms with Gasteiger partial charge < -0.3 is 5.32 Å².